The van der Waals surface area contributed by atoms with Gasteiger partial charge < -0.3 is 14.2 Å². The van der Waals surface area contributed by atoms with Gasteiger partial charge in [0, 0.05) is 19.4 Å². The maximum atomic E-state index is 12.8. The van der Waals surface area contributed by atoms with Gasteiger partial charge in [-0.25, -0.2) is 0 Å². The molecule has 0 fully saturated rings. The highest BCUT2D eigenvalue weighted by Crippen LogP contribution is 2.15. The van der Waals surface area contributed by atoms with Crippen LogP contribution in [0.4, 0.5) is 0 Å². The minimum Gasteiger partial charge on any atom is -0.462 e. The summed E-state index contributed by atoms with van der Waals surface area (Å²) in [4.78, 5) is 25.5. The molecule has 0 amide bonds. The Morgan fingerprint density at radius 2 is 0.691 bits per heavy atom. The Balaban J connectivity index is 4.29. The molecule has 0 aromatic rings. The molecular weight excluding hydrogens is 837 g/mol. The third kappa shape index (κ3) is 55.7. The van der Waals surface area contributed by atoms with Crippen LogP contribution in [0.25, 0.3) is 0 Å². The summed E-state index contributed by atoms with van der Waals surface area (Å²) in [5.74, 6) is -0.491. The third-order valence-electron chi connectivity index (χ3n) is 12.4. The smallest absolute Gasteiger partial charge is 0.306 e. The molecule has 0 aliphatic heterocycles. The molecule has 1 unspecified atom stereocenters. The Bertz CT molecular complexity index is 1250. The average molecular weight is 948 g/mol. The van der Waals surface area contributed by atoms with Crippen molar-refractivity contribution in [1.82, 2.24) is 0 Å². The van der Waals surface area contributed by atoms with Gasteiger partial charge in [0.15, 0.2) is 6.10 Å². The molecule has 0 rings (SSSR count). The molecule has 0 bridgehead atoms. The zero-order valence-corrected chi connectivity index (χ0v) is 45.1. The van der Waals surface area contributed by atoms with Gasteiger partial charge in [-0.05, 0) is 103 Å². The minimum absolute atomic E-state index is 0.0520. The van der Waals surface area contributed by atoms with Gasteiger partial charge in [-0.15, -0.1) is 0 Å². The summed E-state index contributed by atoms with van der Waals surface area (Å²) in [5, 5.41) is 0. The normalized spacial score (nSPS) is 12.8. The summed E-state index contributed by atoms with van der Waals surface area (Å²) in [5.41, 5.74) is 0. The Morgan fingerprint density at radius 3 is 1.16 bits per heavy atom. The van der Waals surface area contributed by atoms with Crippen molar-refractivity contribution in [1.29, 1.82) is 0 Å². The second kappa shape index (κ2) is 58.4. The van der Waals surface area contributed by atoms with Crippen molar-refractivity contribution in [2.24, 2.45) is 0 Å². The van der Waals surface area contributed by atoms with Crippen molar-refractivity contribution in [3.63, 3.8) is 0 Å². The van der Waals surface area contributed by atoms with Crippen LogP contribution in [0.15, 0.2) is 85.1 Å². The van der Waals surface area contributed by atoms with Crippen LogP contribution in [0.3, 0.4) is 0 Å². The van der Waals surface area contributed by atoms with Crippen molar-refractivity contribution in [3.05, 3.63) is 85.1 Å². The number of ether oxygens (including phenoxy) is 3. The van der Waals surface area contributed by atoms with E-state index in [4.69, 9.17) is 14.2 Å². The highest BCUT2D eigenvalue weighted by atomic mass is 16.6. The quantitative estimate of drug-likeness (QED) is 0.0345. The van der Waals surface area contributed by atoms with E-state index in [0.29, 0.717) is 25.9 Å². The number of unbranched alkanes of at least 4 members (excludes halogenated alkanes) is 28. The largest absolute Gasteiger partial charge is 0.462 e. The van der Waals surface area contributed by atoms with Crippen LogP contribution >= 0.6 is 0 Å². The topological polar surface area (TPSA) is 61.8 Å². The molecule has 0 heterocycles. The Labute approximate surface area is 422 Å². The highest BCUT2D eigenvalue weighted by Gasteiger charge is 2.17. The number of esters is 2. The van der Waals surface area contributed by atoms with E-state index in [0.717, 1.165) is 64.2 Å². The molecule has 68 heavy (non-hydrogen) atoms. The Hall–Kier alpha value is -2.92. The van der Waals surface area contributed by atoms with Crippen LogP contribution in [0, 0.1) is 0 Å². The summed E-state index contributed by atoms with van der Waals surface area (Å²) in [6, 6.07) is 0. The SMILES string of the molecule is CC/C=C\C/C=C\C/C=C\C/C=C\CCC(=O)OC(COCCCCCCCCCCCC/C=C\CCCCCCCC)COC(=O)CCCCCCCCCCC/C=C\C/C=C\CCCCC. The highest BCUT2D eigenvalue weighted by molar-refractivity contribution is 5.70. The summed E-state index contributed by atoms with van der Waals surface area (Å²) >= 11 is 0. The lowest BCUT2D eigenvalue weighted by atomic mass is 10.1. The standard InChI is InChI=1S/C63H110O5/c1-4-7-10-13-16-19-22-25-27-29-31-33-35-37-40-43-46-49-52-55-58-66-59-61(68-63(65)57-54-51-48-45-42-38-24-21-18-15-12-9-6-3)60-67-62(64)56-53-50-47-44-41-39-36-34-32-30-28-26-23-20-17-14-11-8-5-2/h9,12,17-18,20-21,25-28,38,42,48,51,61H,4-8,10-11,13-16,19,22-24,29-37,39-41,43-47,49-50,52-60H2,1-3H3/b12-9-,20-17-,21-18-,27-25-,28-26-,42-38-,51-48-. The van der Waals surface area contributed by atoms with Crippen molar-refractivity contribution >= 4 is 11.9 Å². The zero-order valence-electron chi connectivity index (χ0n) is 45.1. The van der Waals surface area contributed by atoms with Crippen LogP contribution in [0.1, 0.15) is 278 Å². The van der Waals surface area contributed by atoms with Crippen LogP contribution in [0.2, 0.25) is 0 Å². The third-order valence-corrected chi connectivity index (χ3v) is 12.4. The van der Waals surface area contributed by atoms with Gasteiger partial charge in [-0.2, -0.15) is 0 Å². The molecule has 0 aromatic carbocycles. The van der Waals surface area contributed by atoms with Gasteiger partial charge in [0.25, 0.3) is 0 Å². The predicted molar refractivity (Wildman–Crippen MR) is 297 cm³/mol. The number of hydrogen-bond donors (Lipinski definition) is 0. The number of hydrogen-bond acceptors (Lipinski definition) is 5. The second-order valence-electron chi connectivity index (χ2n) is 19.2. The lowest BCUT2D eigenvalue weighted by Gasteiger charge is -2.18. The molecule has 5 nitrogen and oxygen atoms in total. The lowest BCUT2D eigenvalue weighted by Crippen LogP contribution is -2.30. The Morgan fingerprint density at radius 1 is 0.338 bits per heavy atom. The van der Waals surface area contributed by atoms with Crippen LogP contribution < -0.4 is 0 Å². The number of rotatable bonds is 53. The second-order valence-corrected chi connectivity index (χ2v) is 19.2. The van der Waals surface area contributed by atoms with Crippen LogP contribution in [-0.2, 0) is 23.8 Å². The molecule has 5 heteroatoms. The van der Waals surface area contributed by atoms with Crippen LogP contribution in [-0.4, -0.2) is 37.9 Å². The number of allylic oxidation sites excluding steroid dienone is 14. The van der Waals surface area contributed by atoms with E-state index in [2.05, 4.69) is 99.8 Å². The maximum absolute atomic E-state index is 12.8. The fourth-order valence-corrected chi connectivity index (χ4v) is 8.08. The van der Waals surface area contributed by atoms with E-state index in [9.17, 15) is 9.59 Å². The Kier molecular flexibility index (Phi) is 55.9. The molecule has 1 atom stereocenters. The predicted octanol–water partition coefficient (Wildman–Crippen LogP) is 20.0. The number of carbonyl (C=O) groups is 2. The van der Waals surface area contributed by atoms with Gasteiger partial charge in [0.05, 0.1) is 6.61 Å². The van der Waals surface area contributed by atoms with Gasteiger partial charge in [-0.3, -0.25) is 9.59 Å². The molecule has 0 saturated heterocycles. The van der Waals surface area contributed by atoms with Gasteiger partial charge in [0.2, 0.25) is 0 Å². The molecule has 0 spiro atoms. The zero-order chi connectivity index (χ0) is 49.2. The summed E-state index contributed by atoms with van der Waals surface area (Å²) in [6.45, 7) is 7.62. The van der Waals surface area contributed by atoms with E-state index in [1.165, 1.54) is 173 Å². The molecule has 0 radical (unpaired) electrons. The number of carbonyl (C=O) groups excluding carboxylic acids is 2. The average Bonchev–Trinajstić information content (AvgIpc) is 3.34. The van der Waals surface area contributed by atoms with Gasteiger partial charge in [-0.1, -0.05) is 247 Å². The summed E-state index contributed by atoms with van der Waals surface area (Å²) < 4.78 is 17.4. The van der Waals surface area contributed by atoms with E-state index < -0.39 is 6.10 Å². The van der Waals surface area contributed by atoms with Gasteiger partial charge >= 0.3 is 11.9 Å². The van der Waals surface area contributed by atoms with Crippen LogP contribution in [0.5, 0.6) is 0 Å². The first-order valence-electron chi connectivity index (χ1n) is 29.1. The van der Waals surface area contributed by atoms with Gasteiger partial charge in [0.1, 0.15) is 6.61 Å². The monoisotopic (exact) mass is 947 g/mol. The lowest BCUT2D eigenvalue weighted by molar-refractivity contribution is -0.162. The van der Waals surface area contributed by atoms with Crippen molar-refractivity contribution in [3.8, 4) is 0 Å². The molecule has 0 aliphatic carbocycles. The summed E-state index contributed by atoms with van der Waals surface area (Å²) in [6.07, 6.45) is 77.7. The molecular formula is C63H110O5. The molecule has 392 valence electrons. The van der Waals surface area contributed by atoms with Crippen molar-refractivity contribution < 1.29 is 23.8 Å². The first-order chi connectivity index (χ1) is 33.6. The van der Waals surface area contributed by atoms with E-state index >= 15 is 0 Å². The first kappa shape index (κ1) is 65.1. The molecule has 0 aromatic heterocycles. The van der Waals surface area contributed by atoms with Crippen molar-refractivity contribution in [2.45, 2.75) is 284 Å². The van der Waals surface area contributed by atoms with E-state index in [-0.39, 0.29) is 25.2 Å². The summed E-state index contributed by atoms with van der Waals surface area (Å²) in [7, 11) is 0. The van der Waals surface area contributed by atoms with Crippen molar-refractivity contribution in [2.75, 3.05) is 19.8 Å². The molecule has 0 saturated carbocycles. The fraction of sp³-hybridized carbons (Fsp3) is 0.746. The molecule has 0 N–H and O–H groups in total. The molecule has 0 aliphatic rings. The first-order valence-corrected chi connectivity index (χ1v) is 29.1. The maximum Gasteiger partial charge on any atom is 0.306 e. The van der Waals surface area contributed by atoms with E-state index in [1.807, 2.05) is 6.08 Å². The minimum atomic E-state index is -0.580. The fourth-order valence-electron chi connectivity index (χ4n) is 8.08. The van der Waals surface area contributed by atoms with E-state index in [1.54, 1.807) is 0 Å².